The number of phenols is 1. The molecule has 1 aromatic carbocycles. The summed E-state index contributed by atoms with van der Waals surface area (Å²) in [6.45, 7) is 7.06. The lowest BCUT2D eigenvalue weighted by molar-refractivity contribution is 0.149. The zero-order chi connectivity index (χ0) is 13.1. The van der Waals surface area contributed by atoms with Crippen LogP contribution in [0, 0.1) is 19.8 Å². The molecule has 1 aliphatic rings. The molecular formula is C15H24ClNO2. The number of nitrogens with zero attached hydrogens (tertiary/aromatic N) is 1. The summed E-state index contributed by atoms with van der Waals surface area (Å²) in [4.78, 5) is 2.37. The smallest absolute Gasteiger partial charge is 0.125 e. The van der Waals surface area contributed by atoms with Crippen LogP contribution in [0.4, 0.5) is 0 Å². The maximum Gasteiger partial charge on any atom is 0.125 e. The fourth-order valence-electron chi connectivity index (χ4n) is 2.77. The molecule has 2 rings (SSSR count). The number of rotatable bonds is 3. The lowest BCUT2D eigenvalue weighted by Crippen LogP contribution is -2.34. The standard InChI is InChI=1S/C15H23NO2.ClH/c1-11-7-14(17)8-12(2)15(11)18-10-13-5-4-6-16(3)9-13;/h7-8,13,17H,4-6,9-10H2,1-3H3;1H. The minimum Gasteiger partial charge on any atom is -0.508 e. The van der Waals surface area contributed by atoms with Crippen molar-refractivity contribution in [2.45, 2.75) is 26.7 Å². The van der Waals surface area contributed by atoms with E-state index in [2.05, 4.69) is 11.9 Å². The Balaban J connectivity index is 0.00000180. The summed E-state index contributed by atoms with van der Waals surface area (Å²) in [5.74, 6) is 1.87. The Labute approximate surface area is 122 Å². The van der Waals surface area contributed by atoms with Crippen LogP contribution >= 0.6 is 12.4 Å². The Bertz CT molecular complexity index is 400. The average Bonchev–Trinajstić information content (AvgIpc) is 2.27. The summed E-state index contributed by atoms with van der Waals surface area (Å²) in [6.07, 6.45) is 2.51. The predicted molar refractivity (Wildman–Crippen MR) is 80.5 cm³/mol. The summed E-state index contributed by atoms with van der Waals surface area (Å²) in [6, 6.07) is 3.52. The van der Waals surface area contributed by atoms with Crippen molar-refractivity contribution in [3.05, 3.63) is 23.3 Å². The van der Waals surface area contributed by atoms with Crippen LogP contribution in [0.2, 0.25) is 0 Å². The molecule has 1 N–H and O–H groups in total. The van der Waals surface area contributed by atoms with Gasteiger partial charge in [-0.3, -0.25) is 0 Å². The third-order valence-electron chi connectivity index (χ3n) is 3.63. The second-order valence-electron chi connectivity index (χ2n) is 5.49. The van der Waals surface area contributed by atoms with Crippen molar-refractivity contribution in [3.63, 3.8) is 0 Å². The first-order chi connectivity index (χ1) is 8.56. The second-order valence-corrected chi connectivity index (χ2v) is 5.49. The SMILES string of the molecule is Cc1cc(O)cc(C)c1OCC1CCCN(C)C1.Cl. The number of piperidine rings is 1. The van der Waals surface area contributed by atoms with Gasteiger partial charge in [0.05, 0.1) is 6.61 Å². The van der Waals surface area contributed by atoms with Crippen molar-refractivity contribution in [3.8, 4) is 11.5 Å². The van der Waals surface area contributed by atoms with Crippen LogP contribution in [0.1, 0.15) is 24.0 Å². The number of ether oxygens (including phenoxy) is 1. The Morgan fingerprint density at radius 2 is 1.95 bits per heavy atom. The zero-order valence-corrected chi connectivity index (χ0v) is 12.8. The van der Waals surface area contributed by atoms with Gasteiger partial charge in [-0.1, -0.05) is 0 Å². The average molecular weight is 286 g/mol. The van der Waals surface area contributed by atoms with Crippen LogP contribution in [0.3, 0.4) is 0 Å². The molecule has 1 aromatic rings. The van der Waals surface area contributed by atoms with Crippen LogP contribution in [-0.2, 0) is 0 Å². The number of aryl methyl sites for hydroxylation is 2. The van der Waals surface area contributed by atoms with Gasteiger partial charge in [0.2, 0.25) is 0 Å². The highest BCUT2D eigenvalue weighted by Gasteiger charge is 2.18. The van der Waals surface area contributed by atoms with E-state index in [0.29, 0.717) is 11.7 Å². The van der Waals surface area contributed by atoms with Gasteiger partial charge < -0.3 is 14.7 Å². The van der Waals surface area contributed by atoms with E-state index >= 15 is 0 Å². The Morgan fingerprint density at radius 3 is 2.53 bits per heavy atom. The molecule has 1 fully saturated rings. The molecule has 1 aliphatic heterocycles. The number of phenolic OH excluding ortho intramolecular Hbond substituents is 1. The van der Waals surface area contributed by atoms with Crippen molar-refractivity contribution in [1.29, 1.82) is 0 Å². The van der Waals surface area contributed by atoms with Crippen molar-refractivity contribution in [2.75, 3.05) is 26.7 Å². The first kappa shape index (κ1) is 16.1. The van der Waals surface area contributed by atoms with Crippen LogP contribution in [0.25, 0.3) is 0 Å². The predicted octanol–water partition coefficient (Wildman–Crippen LogP) is 3.15. The van der Waals surface area contributed by atoms with Gasteiger partial charge in [0, 0.05) is 12.5 Å². The van der Waals surface area contributed by atoms with E-state index < -0.39 is 0 Å². The zero-order valence-electron chi connectivity index (χ0n) is 12.0. The summed E-state index contributed by atoms with van der Waals surface area (Å²) in [5, 5.41) is 9.51. The minimum absolute atomic E-state index is 0. The van der Waals surface area contributed by atoms with E-state index in [9.17, 15) is 5.11 Å². The number of benzene rings is 1. The Morgan fingerprint density at radius 1 is 1.32 bits per heavy atom. The first-order valence-corrected chi connectivity index (χ1v) is 6.68. The lowest BCUT2D eigenvalue weighted by atomic mass is 9.99. The van der Waals surface area contributed by atoms with E-state index in [-0.39, 0.29) is 12.4 Å². The van der Waals surface area contributed by atoms with Gasteiger partial charge in [0.1, 0.15) is 11.5 Å². The van der Waals surface area contributed by atoms with Crippen molar-refractivity contribution in [1.82, 2.24) is 4.90 Å². The molecule has 0 aromatic heterocycles. The number of aromatic hydroxyl groups is 1. The monoisotopic (exact) mass is 285 g/mol. The van der Waals surface area contributed by atoms with Gasteiger partial charge >= 0.3 is 0 Å². The molecule has 108 valence electrons. The van der Waals surface area contributed by atoms with E-state index in [1.165, 1.54) is 19.4 Å². The van der Waals surface area contributed by atoms with E-state index in [1.54, 1.807) is 12.1 Å². The largest absolute Gasteiger partial charge is 0.508 e. The topological polar surface area (TPSA) is 32.7 Å². The molecule has 4 heteroatoms. The van der Waals surface area contributed by atoms with E-state index in [1.807, 2.05) is 13.8 Å². The molecule has 1 atom stereocenters. The van der Waals surface area contributed by atoms with Crippen LogP contribution in [0.15, 0.2) is 12.1 Å². The number of likely N-dealkylation sites (tertiary alicyclic amines) is 1. The molecule has 0 saturated carbocycles. The summed E-state index contributed by atoms with van der Waals surface area (Å²) in [7, 11) is 2.17. The molecule has 0 radical (unpaired) electrons. The van der Waals surface area contributed by atoms with Crippen LogP contribution in [0.5, 0.6) is 11.5 Å². The quantitative estimate of drug-likeness (QED) is 0.926. The molecule has 1 heterocycles. The molecule has 0 aliphatic carbocycles. The van der Waals surface area contributed by atoms with E-state index in [0.717, 1.165) is 30.0 Å². The first-order valence-electron chi connectivity index (χ1n) is 6.68. The van der Waals surface area contributed by atoms with Gasteiger partial charge in [-0.2, -0.15) is 0 Å². The van der Waals surface area contributed by atoms with Gasteiger partial charge in [-0.05, 0) is 63.5 Å². The minimum atomic E-state index is 0. The molecule has 19 heavy (non-hydrogen) atoms. The normalized spacial score (nSPS) is 19.8. The van der Waals surface area contributed by atoms with Crippen molar-refractivity contribution in [2.24, 2.45) is 5.92 Å². The maximum absolute atomic E-state index is 9.51. The van der Waals surface area contributed by atoms with E-state index in [4.69, 9.17) is 4.74 Å². The molecule has 1 unspecified atom stereocenters. The molecule has 1 saturated heterocycles. The second kappa shape index (κ2) is 7.01. The molecule has 0 spiro atoms. The number of halogens is 1. The highest BCUT2D eigenvalue weighted by molar-refractivity contribution is 5.85. The lowest BCUT2D eigenvalue weighted by Gasteiger charge is -2.29. The van der Waals surface area contributed by atoms with Crippen LogP contribution < -0.4 is 4.74 Å². The van der Waals surface area contributed by atoms with Gasteiger partial charge in [0.15, 0.2) is 0 Å². The highest BCUT2D eigenvalue weighted by atomic mass is 35.5. The van der Waals surface area contributed by atoms with Gasteiger partial charge in [0.25, 0.3) is 0 Å². The number of hydrogen-bond donors (Lipinski definition) is 1. The fraction of sp³-hybridized carbons (Fsp3) is 0.600. The summed E-state index contributed by atoms with van der Waals surface area (Å²) >= 11 is 0. The van der Waals surface area contributed by atoms with Gasteiger partial charge in [-0.15, -0.1) is 12.4 Å². The molecular weight excluding hydrogens is 262 g/mol. The Kier molecular flexibility index (Phi) is 5.95. The molecule has 3 nitrogen and oxygen atoms in total. The van der Waals surface area contributed by atoms with Crippen molar-refractivity contribution >= 4 is 12.4 Å². The third-order valence-corrected chi connectivity index (χ3v) is 3.63. The number of hydrogen-bond acceptors (Lipinski definition) is 3. The van der Waals surface area contributed by atoms with Gasteiger partial charge in [-0.25, -0.2) is 0 Å². The maximum atomic E-state index is 9.51. The molecule has 0 bridgehead atoms. The fourth-order valence-corrected chi connectivity index (χ4v) is 2.77. The third kappa shape index (κ3) is 4.29. The Hall–Kier alpha value is -0.930. The molecule has 0 amide bonds. The van der Waals surface area contributed by atoms with Crippen molar-refractivity contribution < 1.29 is 9.84 Å². The highest BCUT2D eigenvalue weighted by Crippen LogP contribution is 2.28. The summed E-state index contributed by atoms with van der Waals surface area (Å²) < 4.78 is 5.97. The summed E-state index contributed by atoms with van der Waals surface area (Å²) in [5.41, 5.74) is 2.02. The van der Waals surface area contributed by atoms with Crippen LogP contribution in [-0.4, -0.2) is 36.8 Å².